The summed E-state index contributed by atoms with van der Waals surface area (Å²) >= 11 is 6.31. The van der Waals surface area contributed by atoms with Gasteiger partial charge >= 0.3 is 5.97 Å². The minimum atomic E-state index is -1.29. The number of aryl methyl sites for hydroxylation is 1. The van der Waals surface area contributed by atoms with Crippen molar-refractivity contribution in [3.8, 4) is 0 Å². The van der Waals surface area contributed by atoms with Gasteiger partial charge in [-0.1, -0.05) is 59.4 Å². The molecule has 9 nitrogen and oxygen atoms in total. The maximum atomic E-state index is 13.8. The monoisotopic (exact) mass is 560 g/mol. The van der Waals surface area contributed by atoms with E-state index in [2.05, 4.69) is 10.3 Å². The van der Waals surface area contributed by atoms with Gasteiger partial charge in [0.2, 0.25) is 11.8 Å². The van der Waals surface area contributed by atoms with E-state index in [1.54, 1.807) is 44.2 Å². The average Bonchev–Trinajstić information content (AvgIpc) is 3.21. The van der Waals surface area contributed by atoms with Gasteiger partial charge in [0.25, 0.3) is 5.56 Å². The van der Waals surface area contributed by atoms with Crippen LogP contribution in [0.5, 0.6) is 0 Å². The summed E-state index contributed by atoms with van der Waals surface area (Å²) < 4.78 is 6.88. The molecule has 0 saturated carbocycles. The SMILES string of the molecule is CCOC(=O)C1=C(C)N=c2s/c(=C/[C@H]3C(=O)NC(=S)N(c4ccccc4)C3=O)c(=O)n2[C@H]1c1ccc(C)cc1. The Balaban J connectivity index is 1.65. The molecule has 39 heavy (non-hydrogen) atoms. The van der Waals surface area contributed by atoms with Crippen molar-refractivity contribution in [2.45, 2.75) is 26.8 Å². The van der Waals surface area contributed by atoms with E-state index >= 15 is 0 Å². The lowest BCUT2D eigenvalue weighted by Crippen LogP contribution is -2.58. The van der Waals surface area contributed by atoms with Crippen molar-refractivity contribution >= 4 is 58.2 Å². The van der Waals surface area contributed by atoms with Gasteiger partial charge < -0.3 is 10.1 Å². The summed E-state index contributed by atoms with van der Waals surface area (Å²) in [5.74, 6) is -3.05. The van der Waals surface area contributed by atoms with E-state index in [0.717, 1.165) is 16.9 Å². The van der Waals surface area contributed by atoms with Gasteiger partial charge in [-0.25, -0.2) is 9.79 Å². The molecule has 198 valence electrons. The lowest BCUT2D eigenvalue weighted by Gasteiger charge is -2.31. The highest BCUT2D eigenvalue weighted by Crippen LogP contribution is 2.31. The number of benzene rings is 2. The quantitative estimate of drug-likeness (QED) is 0.291. The number of carbonyl (C=O) groups is 3. The van der Waals surface area contributed by atoms with Crippen molar-refractivity contribution in [2.75, 3.05) is 11.5 Å². The van der Waals surface area contributed by atoms with Crippen LogP contribution in [-0.4, -0.2) is 34.1 Å². The number of aromatic nitrogens is 1. The number of carbonyl (C=O) groups excluding carboxylic acids is 3. The molecule has 0 unspecified atom stereocenters. The van der Waals surface area contributed by atoms with Crippen LogP contribution in [-0.2, 0) is 19.1 Å². The fraction of sp³-hybridized carbons (Fsp3) is 0.214. The molecular weight excluding hydrogens is 536 g/mol. The number of hydrogen-bond donors (Lipinski definition) is 1. The second-order valence-corrected chi connectivity index (χ2v) is 10.4. The summed E-state index contributed by atoms with van der Waals surface area (Å²) in [5, 5.41) is 2.53. The van der Waals surface area contributed by atoms with Crippen LogP contribution in [0.25, 0.3) is 6.08 Å². The molecule has 0 bridgehead atoms. The summed E-state index contributed by atoms with van der Waals surface area (Å²) in [7, 11) is 0. The molecule has 2 atom stereocenters. The number of fused-ring (bicyclic) bond motifs is 1. The van der Waals surface area contributed by atoms with Gasteiger partial charge in [-0.3, -0.25) is 23.9 Å². The Bertz CT molecular complexity index is 1720. The van der Waals surface area contributed by atoms with Crippen molar-refractivity contribution in [1.29, 1.82) is 0 Å². The summed E-state index contributed by atoms with van der Waals surface area (Å²) in [6.45, 7) is 5.51. The van der Waals surface area contributed by atoms with Gasteiger partial charge in [0.1, 0.15) is 5.92 Å². The molecule has 0 aliphatic carbocycles. The van der Waals surface area contributed by atoms with Crippen LogP contribution < -0.4 is 25.1 Å². The van der Waals surface area contributed by atoms with E-state index < -0.39 is 35.3 Å². The molecule has 1 saturated heterocycles. The summed E-state index contributed by atoms with van der Waals surface area (Å²) in [5.41, 5.74) is 2.44. The number of anilines is 1. The van der Waals surface area contributed by atoms with Crippen molar-refractivity contribution in [3.63, 3.8) is 0 Å². The Morgan fingerprint density at radius 2 is 1.79 bits per heavy atom. The van der Waals surface area contributed by atoms with Crippen LogP contribution in [0.3, 0.4) is 0 Å². The number of amides is 2. The number of thiazole rings is 1. The van der Waals surface area contributed by atoms with E-state index in [9.17, 15) is 19.2 Å². The van der Waals surface area contributed by atoms with Crippen molar-refractivity contribution < 1.29 is 19.1 Å². The van der Waals surface area contributed by atoms with Gasteiger partial charge in [-0.15, -0.1) is 0 Å². The fourth-order valence-corrected chi connectivity index (χ4v) is 5.93. The lowest BCUT2D eigenvalue weighted by atomic mass is 9.95. The van der Waals surface area contributed by atoms with Gasteiger partial charge in [-0.2, -0.15) is 0 Å². The molecule has 0 spiro atoms. The molecule has 2 aliphatic heterocycles. The predicted octanol–water partition coefficient (Wildman–Crippen LogP) is 2.12. The number of thiocarbonyl (C=S) groups is 1. The molecule has 1 N–H and O–H groups in total. The maximum absolute atomic E-state index is 13.8. The van der Waals surface area contributed by atoms with Gasteiger partial charge in [0.15, 0.2) is 9.91 Å². The number of esters is 1. The number of ether oxygens (including phenoxy) is 1. The van der Waals surface area contributed by atoms with Crippen LogP contribution >= 0.6 is 23.6 Å². The van der Waals surface area contributed by atoms with E-state index in [0.29, 0.717) is 21.7 Å². The number of nitrogens with zero attached hydrogens (tertiary/aromatic N) is 3. The highest BCUT2D eigenvalue weighted by Gasteiger charge is 2.39. The average molecular weight is 561 g/mol. The van der Waals surface area contributed by atoms with Gasteiger partial charge in [0, 0.05) is 0 Å². The Morgan fingerprint density at radius 3 is 2.46 bits per heavy atom. The minimum absolute atomic E-state index is 0.0311. The first-order chi connectivity index (χ1) is 18.7. The molecule has 1 aromatic heterocycles. The molecular formula is C28H24N4O5S2. The smallest absolute Gasteiger partial charge is 0.338 e. The summed E-state index contributed by atoms with van der Waals surface area (Å²) in [6.07, 6.45) is 1.34. The highest BCUT2D eigenvalue weighted by molar-refractivity contribution is 7.80. The first-order valence-electron chi connectivity index (χ1n) is 12.2. The summed E-state index contributed by atoms with van der Waals surface area (Å²) in [6, 6.07) is 15.4. The Hall–Kier alpha value is -4.22. The van der Waals surface area contributed by atoms with E-state index in [1.165, 1.54) is 15.5 Å². The zero-order valence-corrected chi connectivity index (χ0v) is 23.0. The molecule has 2 amide bonds. The van der Waals surface area contributed by atoms with Crippen LogP contribution in [0.4, 0.5) is 5.69 Å². The third kappa shape index (κ3) is 4.75. The summed E-state index contributed by atoms with van der Waals surface area (Å²) in [4.78, 5) is 59.3. The van der Waals surface area contributed by atoms with E-state index in [4.69, 9.17) is 17.0 Å². The first-order valence-corrected chi connectivity index (χ1v) is 13.4. The minimum Gasteiger partial charge on any atom is -0.463 e. The zero-order chi connectivity index (χ0) is 27.8. The molecule has 11 heteroatoms. The van der Waals surface area contributed by atoms with Crippen molar-refractivity contribution in [1.82, 2.24) is 9.88 Å². The van der Waals surface area contributed by atoms with E-state index in [1.807, 2.05) is 31.2 Å². The largest absolute Gasteiger partial charge is 0.463 e. The molecule has 2 aliphatic rings. The molecule has 1 fully saturated rings. The Labute approximate surface area is 232 Å². The van der Waals surface area contributed by atoms with Gasteiger partial charge in [-0.05, 0) is 56.8 Å². The van der Waals surface area contributed by atoms with Crippen LogP contribution in [0.1, 0.15) is 31.0 Å². The number of nitrogens with one attached hydrogen (secondary N) is 1. The van der Waals surface area contributed by atoms with Gasteiger partial charge in [0.05, 0.1) is 34.1 Å². The lowest BCUT2D eigenvalue weighted by molar-refractivity contribution is -0.139. The van der Waals surface area contributed by atoms with E-state index in [-0.39, 0.29) is 21.8 Å². The van der Waals surface area contributed by atoms with Crippen LogP contribution in [0.15, 0.2) is 75.7 Å². The number of rotatable bonds is 5. The first kappa shape index (κ1) is 26.4. The van der Waals surface area contributed by atoms with Crippen molar-refractivity contribution in [2.24, 2.45) is 10.9 Å². The molecule has 2 aromatic carbocycles. The normalized spacial score (nSPS) is 19.5. The molecule has 3 aromatic rings. The number of allylic oxidation sites excluding steroid dienone is 1. The maximum Gasteiger partial charge on any atom is 0.338 e. The predicted molar refractivity (Wildman–Crippen MR) is 151 cm³/mol. The molecule has 0 radical (unpaired) electrons. The third-order valence-corrected chi connectivity index (χ3v) is 7.73. The topological polar surface area (TPSA) is 110 Å². The number of hydrogen-bond acceptors (Lipinski definition) is 8. The second kappa shape index (κ2) is 10.5. The highest BCUT2D eigenvalue weighted by atomic mass is 32.1. The zero-order valence-electron chi connectivity index (χ0n) is 21.3. The van der Waals surface area contributed by atoms with Crippen LogP contribution in [0.2, 0.25) is 0 Å². The molecule has 3 heterocycles. The van der Waals surface area contributed by atoms with Crippen LogP contribution in [0, 0.1) is 12.8 Å². The molecule has 5 rings (SSSR count). The fourth-order valence-electron chi connectivity index (χ4n) is 4.58. The Morgan fingerprint density at radius 1 is 1.10 bits per heavy atom. The van der Waals surface area contributed by atoms with Crippen molar-refractivity contribution in [3.05, 3.63) is 96.7 Å². The standard InChI is InChI=1S/C28H24N4O5S2/c1-4-37-26(36)21-16(3)29-28-32(22(21)17-12-10-15(2)11-13-17)25(35)20(39-28)14-19-23(33)30-27(38)31(24(19)34)18-8-6-5-7-9-18/h5-14,19,22H,4H2,1-3H3,(H,30,33,38)/b20-14+/t19-,22-/m0/s1. The second-order valence-electron chi connectivity index (χ2n) is 9.02. The number of para-hydroxylation sites is 1. The third-order valence-electron chi connectivity index (χ3n) is 6.44. The Kier molecular flexibility index (Phi) is 7.11.